The summed E-state index contributed by atoms with van der Waals surface area (Å²) in [5.74, 6) is 0.689. The monoisotopic (exact) mass is 264 g/mol. The maximum atomic E-state index is 9.68. The van der Waals surface area contributed by atoms with Gasteiger partial charge >= 0.3 is 0 Å². The normalized spacial score (nSPS) is 22.2. The van der Waals surface area contributed by atoms with Crippen molar-refractivity contribution in [2.24, 2.45) is 5.73 Å². The molecule has 3 N–H and O–H groups in total. The van der Waals surface area contributed by atoms with Crippen molar-refractivity contribution >= 4 is 0 Å². The van der Waals surface area contributed by atoms with Crippen molar-refractivity contribution < 1.29 is 9.84 Å². The number of ether oxygens (including phenoxy) is 1. The highest BCUT2D eigenvalue weighted by Crippen LogP contribution is 2.33. The van der Waals surface area contributed by atoms with Crippen molar-refractivity contribution in [1.82, 2.24) is 4.90 Å². The van der Waals surface area contributed by atoms with Gasteiger partial charge in [0.1, 0.15) is 0 Å². The standard InChI is InChI=1S/C15H24N2O2/c1-11-5-3-4-8-17(11)13(10-16)12-6-7-14(18)15(9-12)19-2/h6-7,9,11,13,18H,3-5,8,10,16H2,1-2H3. The summed E-state index contributed by atoms with van der Waals surface area (Å²) in [5.41, 5.74) is 7.10. The van der Waals surface area contributed by atoms with Crippen LogP contribution in [0.3, 0.4) is 0 Å². The van der Waals surface area contributed by atoms with Gasteiger partial charge in [0, 0.05) is 18.6 Å². The number of rotatable bonds is 4. The second-order valence-corrected chi connectivity index (χ2v) is 5.27. The first kappa shape index (κ1) is 14.2. The molecular formula is C15H24N2O2. The van der Waals surface area contributed by atoms with Gasteiger partial charge in [-0.05, 0) is 44.0 Å². The summed E-state index contributed by atoms with van der Waals surface area (Å²) in [6.45, 7) is 3.93. The minimum absolute atomic E-state index is 0.175. The molecule has 1 aliphatic heterocycles. The van der Waals surface area contributed by atoms with Crippen LogP contribution < -0.4 is 10.5 Å². The first-order chi connectivity index (χ1) is 9.17. The lowest BCUT2D eigenvalue weighted by Crippen LogP contribution is -2.43. The van der Waals surface area contributed by atoms with E-state index in [1.807, 2.05) is 12.1 Å². The van der Waals surface area contributed by atoms with E-state index < -0.39 is 0 Å². The maximum Gasteiger partial charge on any atom is 0.160 e. The zero-order valence-electron chi connectivity index (χ0n) is 11.8. The van der Waals surface area contributed by atoms with Gasteiger partial charge < -0.3 is 15.6 Å². The van der Waals surface area contributed by atoms with Crippen LogP contribution in [0, 0.1) is 0 Å². The first-order valence-corrected chi connectivity index (χ1v) is 7.00. The van der Waals surface area contributed by atoms with Crippen molar-refractivity contribution in [3.05, 3.63) is 23.8 Å². The Kier molecular flexibility index (Phi) is 4.66. The van der Waals surface area contributed by atoms with Gasteiger partial charge in [-0.25, -0.2) is 0 Å². The van der Waals surface area contributed by atoms with E-state index in [2.05, 4.69) is 11.8 Å². The Hall–Kier alpha value is -1.26. The highest BCUT2D eigenvalue weighted by atomic mass is 16.5. The molecule has 1 fully saturated rings. The van der Waals surface area contributed by atoms with Gasteiger partial charge in [0.05, 0.1) is 7.11 Å². The fourth-order valence-corrected chi connectivity index (χ4v) is 2.95. The zero-order chi connectivity index (χ0) is 13.8. The maximum absolute atomic E-state index is 9.68. The van der Waals surface area contributed by atoms with Crippen LogP contribution in [0.25, 0.3) is 0 Å². The molecule has 1 aliphatic rings. The number of nitrogens with two attached hydrogens (primary N) is 1. The summed E-state index contributed by atoms with van der Waals surface area (Å²) in [6.07, 6.45) is 3.76. The molecular weight excluding hydrogens is 240 g/mol. The van der Waals surface area contributed by atoms with E-state index in [0.717, 1.165) is 12.1 Å². The molecule has 0 aliphatic carbocycles. The quantitative estimate of drug-likeness (QED) is 0.876. The van der Waals surface area contributed by atoms with Gasteiger partial charge in [0.25, 0.3) is 0 Å². The highest BCUT2D eigenvalue weighted by Gasteiger charge is 2.26. The molecule has 106 valence electrons. The molecule has 2 atom stereocenters. The number of aromatic hydroxyl groups is 1. The molecule has 1 aromatic rings. The van der Waals surface area contributed by atoms with Gasteiger partial charge in [-0.3, -0.25) is 4.90 Å². The fraction of sp³-hybridized carbons (Fsp3) is 0.600. The fourth-order valence-electron chi connectivity index (χ4n) is 2.95. The van der Waals surface area contributed by atoms with E-state index in [-0.39, 0.29) is 11.8 Å². The first-order valence-electron chi connectivity index (χ1n) is 7.00. The largest absolute Gasteiger partial charge is 0.504 e. The van der Waals surface area contributed by atoms with Crippen molar-refractivity contribution in [3.8, 4) is 11.5 Å². The predicted molar refractivity (Wildman–Crippen MR) is 76.5 cm³/mol. The van der Waals surface area contributed by atoms with Crippen LogP contribution in [0.15, 0.2) is 18.2 Å². The molecule has 1 aromatic carbocycles. The summed E-state index contributed by atoms with van der Waals surface area (Å²) >= 11 is 0. The van der Waals surface area contributed by atoms with E-state index >= 15 is 0 Å². The van der Waals surface area contributed by atoms with Gasteiger partial charge in [0.15, 0.2) is 11.5 Å². The summed E-state index contributed by atoms with van der Waals surface area (Å²) < 4.78 is 5.19. The Balaban J connectivity index is 2.25. The summed E-state index contributed by atoms with van der Waals surface area (Å²) in [4.78, 5) is 2.47. The lowest BCUT2D eigenvalue weighted by Gasteiger charge is -2.39. The molecule has 19 heavy (non-hydrogen) atoms. The van der Waals surface area contributed by atoms with E-state index in [4.69, 9.17) is 10.5 Å². The van der Waals surface area contributed by atoms with E-state index in [0.29, 0.717) is 18.3 Å². The van der Waals surface area contributed by atoms with Crippen LogP contribution in [-0.2, 0) is 0 Å². The second-order valence-electron chi connectivity index (χ2n) is 5.27. The third kappa shape index (κ3) is 3.01. The smallest absolute Gasteiger partial charge is 0.160 e. The average Bonchev–Trinajstić information content (AvgIpc) is 2.43. The molecule has 1 saturated heterocycles. The van der Waals surface area contributed by atoms with Gasteiger partial charge in [-0.1, -0.05) is 12.5 Å². The van der Waals surface area contributed by atoms with Crippen LogP contribution in [0.5, 0.6) is 11.5 Å². The van der Waals surface area contributed by atoms with Crippen LogP contribution in [-0.4, -0.2) is 36.2 Å². The molecule has 2 rings (SSSR count). The number of likely N-dealkylation sites (tertiary alicyclic amines) is 1. The number of hydrogen-bond donors (Lipinski definition) is 2. The molecule has 0 bridgehead atoms. The number of phenolic OH excluding ortho intramolecular Hbond substituents is 1. The number of piperidine rings is 1. The molecule has 0 amide bonds. The highest BCUT2D eigenvalue weighted by molar-refractivity contribution is 5.42. The molecule has 4 heteroatoms. The van der Waals surface area contributed by atoms with Crippen molar-refractivity contribution in [2.45, 2.75) is 38.3 Å². The third-order valence-corrected chi connectivity index (χ3v) is 4.07. The number of hydrogen-bond acceptors (Lipinski definition) is 4. The molecule has 0 aromatic heterocycles. The molecule has 0 saturated carbocycles. The number of phenols is 1. The van der Waals surface area contributed by atoms with Crippen molar-refractivity contribution in [3.63, 3.8) is 0 Å². The summed E-state index contributed by atoms with van der Waals surface area (Å²) in [5, 5.41) is 9.68. The van der Waals surface area contributed by atoms with Crippen LogP contribution in [0.4, 0.5) is 0 Å². The Bertz CT molecular complexity index is 423. The number of nitrogens with zero attached hydrogens (tertiary/aromatic N) is 1. The Labute approximate surface area is 115 Å². The van der Waals surface area contributed by atoms with Gasteiger partial charge in [-0.15, -0.1) is 0 Å². The average molecular weight is 264 g/mol. The lowest BCUT2D eigenvalue weighted by atomic mass is 9.97. The molecule has 0 spiro atoms. The predicted octanol–water partition coefficient (Wildman–Crippen LogP) is 2.27. The SMILES string of the molecule is COc1cc(C(CN)N2CCCCC2C)ccc1O. The van der Waals surface area contributed by atoms with Crippen LogP contribution >= 0.6 is 0 Å². The Morgan fingerprint density at radius 3 is 2.89 bits per heavy atom. The molecule has 2 unspecified atom stereocenters. The third-order valence-electron chi connectivity index (χ3n) is 4.07. The zero-order valence-corrected chi connectivity index (χ0v) is 11.8. The Morgan fingerprint density at radius 1 is 1.47 bits per heavy atom. The number of benzene rings is 1. The lowest BCUT2D eigenvalue weighted by molar-refractivity contribution is 0.108. The minimum Gasteiger partial charge on any atom is -0.504 e. The molecule has 4 nitrogen and oxygen atoms in total. The minimum atomic E-state index is 0.175. The van der Waals surface area contributed by atoms with Gasteiger partial charge in [-0.2, -0.15) is 0 Å². The van der Waals surface area contributed by atoms with Crippen molar-refractivity contribution in [1.29, 1.82) is 0 Å². The van der Waals surface area contributed by atoms with E-state index in [1.165, 1.54) is 19.3 Å². The summed E-state index contributed by atoms with van der Waals surface area (Å²) in [6, 6.07) is 6.28. The van der Waals surface area contributed by atoms with E-state index in [9.17, 15) is 5.11 Å². The number of methoxy groups -OCH3 is 1. The van der Waals surface area contributed by atoms with Gasteiger partial charge in [0.2, 0.25) is 0 Å². The van der Waals surface area contributed by atoms with Crippen molar-refractivity contribution in [2.75, 3.05) is 20.2 Å². The molecule has 1 heterocycles. The van der Waals surface area contributed by atoms with E-state index in [1.54, 1.807) is 13.2 Å². The second kappa shape index (κ2) is 6.26. The van der Waals surface area contributed by atoms with Crippen LogP contribution in [0.1, 0.15) is 37.8 Å². The summed E-state index contributed by atoms with van der Waals surface area (Å²) in [7, 11) is 1.57. The topological polar surface area (TPSA) is 58.7 Å². The van der Waals surface area contributed by atoms with Crippen LogP contribution in [0.2, 0.25) is 0 Å². The Morgan fingerprint density at radius 2 is 2.26 bits per heavy atom. The molecule has 0 radical (unpaired) electrons.